The van der Waals surface area contributed by atoms with Crippen molar-refractivity contribution in [3.8, 4) is 5.75 Å². The summed E-state index contributed by atoms with van der Waals surface area (Å²) in [5, 5.41) is 6.35. The molecule has 0 saturated heterocycles. The molecule has 1 aliphatic heterocycles. The van der Waals surface area contributed by atoms with Crippen molar-refractivity contribution in [2.75, 3.05) is 11.9 Å². The van der Waals surface area contributed by atoms with E-state index in [0.29, 0.717) is 39.9 Å². The van der Waals surface area contributed by atoms with E-state index in [9.17, 15) is 14.4 Å². The fraction of sp³-hybridized carbons (Fsp3) is 0.387. The largest absolute Gasteiger partial charge is 0.483 e. The van der Waals surface area contributed by atoms with Gasteiger partial charge in [0.1, 0.15) is 5.75 Å². The molecule has 0 aromatic heterocycles. The Kier molecular flexibility index (Phi) is 6.84. The van der Waals surface area contributed by atoms with E-state index in [-0.39, 0.29) is 34.9 Å². The minimum atomic E-state index is -0.417. The summed E-state index contributed by atoms with van der Waals surface area (Å²) in [7, 11) is 0. The number of halogens is 1. The zero-order chi connectivity index (χ0) is 27.2. The molecule has 198 valence electrons. The van der Waals surface area contributed by atoms with Crippen molar-refractivity contribution in [3.63, 3.8) is 0 Å². The van der Waals surface area contributed by atoms with Crippen LogP contribution in [0.25, 0.3) is 0 Å². The molecule has 7 heteroatoms. The van der Waals surface area contributed by atoms with E-state index in [4.69, 9.17) is 4.74 Å². The molecular weight excluding hydrogens is 544 g/mol. The van der Waals surface area contributed by atoms with Gasteiger partial charge in [0, 0.05) is 47.0 Å². The minimum Gasteiger partial charge on any atom is -0.483 e. The fourth-order valence-electron chi connectivity index (χ4n) is 5.90. The van der Waals surface area contributed by atoms with Crippen LogP contribution in [-0.4, -0.2) is 24.1 Å². The van der Waals surface area contributed by atoms with Gasteiger partial charge in [-0.15, -0.1) is 0 Å². The van der Waals surface area contributed by atoms with Gasteiger partial charge in [0.25, 0.3) is 5.91 Å². The third-order valence-electron chi connectivity index (χ3n) is 7.42. The topological polar surface area (TPSA) is 84.5 Å². The van der Waals surface area contributed by atoms with Crippen LogP contribution in [0, 0.1) is 10.8 Å². The second-order valence-electron chi connectivity index (χ2n) is 12.1. The first kappa shape index (κ1) is 26.4. The van der Waals surface area contributed by atoms with Crippen molar-refractivity contribution in [1.29, 1.82) is 0 Å². The van der Waals surface area contributed by atoms with E-state index in [0.717, 1.165) is 29.8 Å². The number of anilines is 1. The van der Waals surface area contributed by atoms with Gasteiger partial charge in [-0.25, -0.2) is 0 Å². The van der Waals surface area contributed by atoms with E-state index in [2.05, 4.69) is 54.3 Å². The first-order chi connectivity index (χ1) is 17.9. The predicted molar refractivity (Wildman–Crippen MR) is 151 cm³/mol. The summed E-state index contributed by atoms with van der Waals surface area (Å²) in [6.07, 6.45) is 2.42. The van der Waals surface area contributed by atoms with E-state index in [1.165, 1.54) is 0 Å². The first-order valence-corrected chi connectivity index (χ1v) is 13.8. The smallest absolute Gasteiger partial charge is 0.262 e. The van der Waals surface area contributed by atoms with Gasteiger partial charge in [-0.3, -0.25) is 14.4 Å². The van der Waals surface area contributed by atoms with Crippen molar-refractivity contribution >= 4 is 39.1 Å². The van der Waals surface area contributed by atoms with Crippen LogP contribution in [0.3, 0.4) is 0 Å². The summed E-state index contributed by atoms with van der Waals surface area (Å²) in [4.78, 5) is 39.4. The summed E-state index contributed by atoms with van der Waals surface area (Å²) in [6, 6.07) is 14.8. The molecule has 3 aliphatic rings. The molecule has 0 atom stereocenters. The highest BCUT2D eigenvalue weighted by atomic mass is 79.9. The van der Waals surface area contributed by atoms with E-state index >= 15 is 0 Å². The Morgan fingerprint density at radius 2 is 1.50 bits per heavy atom. The predicted octanol–water partition coefficient (Wildman–Crippen LogP) is 6.44. The molecule has 1 amide bonds. The number of para-hydroxylation sites is 1. The van der Waals surface area contributed by atoms with Crippen LogP contribution in [0.2, 0.25) is 0 Å². The molecule has 0 saturated carbocycles. The molecule has 38 heavy (non-hydrogen) atoms. The highest BCUT2D eigenvalue weighted by Crippen LogP contribution is 2.51. The molecule has 0 radical (unpaired) electrons. The van der Waals surface area contributed by atoms with Crippen molar-refractivity contribution in [1.82, 2.24) is 5.32 Å². The lowest BCUT2D eigenvalue weighted by molar-refractivity contribution is -0.119. The lowest BCUT2D eigenvalue weighted by Crippen LogP contribution is -2.42. The number of hydrogen-bond donors (Lipinski definition) is 2. The Balaban J connectivity index is 1.45. The van der Waals surface area contributed by atoms with Crippen molar-refractivity contribution in [2.45, 2.75) is 59.3 Å². The van der Waals surface area contributed by atoms with E-state index in [1.54, 1.807) is 6.07 Å². The molecule has 1 heterocycles. The maximum absolute atomic E-state index is 13.5. The van der Waals surface area contributed by atoms with Crippen LogP contribution in [0.5, 0.6) is 5.75 Å². The highest BCUT2D eigenvalue weighted by Gasteiger charge is 2.46. The van der Waals surface area contributed by atoms with Crippen LogP contribution >= 0.6 is 15.9 Å². The molecule has 2 aromatic carbocycles. The maximum atomic E-state index is 13.5. The number of ether oxygens (including phenoxy) is 1. The monoisotopic (exact) mass is 576 g/mol. The summed E-state index contributed by atoms with van der Waals surface area (Å²) in [6.45, 7) is 8.31. The van der Waals surface area contributed by atoms with Crippen molar-refractivity contribution < 1.29 is 19.1 Å². The quantitative estimate of drug-likeness (QED) is 0.428. The zero-order valence-electron chi connectivity index (χ0n) is 22.2. The third kappa shape index (κ3) is 5.35. The maximum Gasteiger partial charge on any atom is 0.262 e. The second-order valence-corrected chi connectivity index (χ2v) is 13.0. The summed E-state index contributed by atoms with van der Waals surface area (Å²) in [5.41, 5.74) is 4.58. The van der Waals surface area contributed by atoms with Crippen LogP contribution in [-0.2, 0) is 14.4 Å². The van der Waals surface area contributed by atoms with Crippen LogP contribution in [0.4, 0.5) is 5.69 Å². The van der Waals surface area contributed by atoms with Gasteiger partial charge in [-0.1, -0.05) is 52.0 Å². The Labute approximate surface area is 232 Å². The molecule has 0 spiro atoms. The standard InChI is InChI=1S/C31H33BrN2O4/c1-30(2)13-21-28(23(35)15-30)27(29-22(34-21)14-31(3,4)16-24(29)36)18-10-11-25(20(32)12-18)38-17-26(37)33-19-8-6-5-7-9-19/h5-12,27,34H,13-17H2,1-4H3,(H,33,37). The Bertz CT molecular complexity index is 1340. The highest BCUT2D eigenvalue weighted by molar-refractivity contribution is 9.10. The number of nitrogens with one attached hydrogen (secondary N) is 2. The second kappa shape index (κ2) is 9.84. The lowest BCUT2D eigenvalue weighted by Gasteiger charge is -2.44. The molecule has 0 fully saturated rings. The van der Waals surface area contributed by atoms with Gasteiger partial charge < -0.3 is 15.4 Å². The Hall–Kier alpha value is -3.19. The van der Waals surface area contributed by atoms with Gasteiger partial charge in [-0.05, 0) is 69.4 Å². The minimum absolute atomic E-state index is 0.0898. The molecule has 2 aromatic rings. The number of ketones is 2. The molecule has 5 rings (SSSR count). The van der Waals surface area contributed by atoms with Gasteiger partial charge in [0.05, 0.1) is 4.47 Å². The summed E-state index contributed by atoms with van der Waals surface area (Å²) in [5.74, 6) is 0.0154. The fourth-order valence-corrected chi connectivity index (χ4v) is 6.41. The summed E-state index contributed by atoms with van der Waals surface area (Å²) < 4.78 is 6.46. The number of carbonyl (C=O) groups excluding carboxylic acids is 3. The molecule has 2 aliphatic carbocycles. The number of allylic oxidation sites excluding steroid dienone is 4. The number of Topliss-reactive ketones (excluding diaryl/α,β-unsaturated/α-hetero) is 2. The first-order valence-electron chi connectivity index (χ1n) is 13.0. The van der Waals surface area contributed by atoms with Gasteiger partial charge in [-0.2, -0.15) is 0 Å². The van der Waals surface area contributed by atoms with Gasteiger partial charge >= 0.3 is 0 Å². The van der Waals surface area contributed by atoms with Crippen LogP contribution in [0.1, 0.15) is 64.9 Å². The van der Waals surface area contributed by atoms with E-state index < -0.39 is 5.92 Å². The van der Waals surface area contributed by atoms with E-state index in [1.807, 2.05) is 42.5 Å². The molecule has 0 bridgehead atoms. The van der Waals surface area contributed by atoms with Crippen molar-refractivity contribution in [2.24, 2.45) is 10.8 Å². The third-order valence-corrected chi connectivity index (χ3v) is 8.04. The lowest BCUT2D eigenvalue weighted by atomic mass is 9.64. The SMILES string of the molecule is CC1(C)CC(=O)C2=C(C1)NC1=C(C(=O)CC(C)(C)C1)C2c1ccc(OCC(=O)Nc2ccccc2)c(Br)c1. The number of amides is 1. The zero-order valence-corrected chi connectivity index (χ0v) is 23.8. The van der Waals surface area contributed by atoms with Gasteiger partial charge in [0.2, 0.25) is 0 Å². The number of carbonyl (C=O) groups is 3. The molecule has 0 unspecified atom stereocenters. The Morgan fingerprint density at radius 1 is 0.921 bits per heavy atom. The molecular formula is C31H33BrN2O4. The number of benzene rings is 2. The molecule has 6 nitrogen and oxygen atoms in total. The van der Waals surface area contributed by atoms with Crippen molar-refractivity contribution in [3.05, 3.63) is 81.1 Å². The van der Waals surface area contributed by atoms with Crippen LogP contribution < -0.4 is 15.4 Å². The number of hydrogen-bond acceptors (Lipinski definition) is 5. The number of dihydropyridines is 1. The average molecular weight is 578 g/mol. The van der Waals surface area contributed by atoms with Gasteiger partial charge in [0.15, 0.2) is 18.2 Å². The molecule has 2 N–H and O–H groups in total. The number of rotatable bonds is 5. The summed E-state index contributed by atoms with van der Waals surface area (Å²) >= 11 is 3.60. The van der Waals surface area contributed by atoms with Crippen LogP contribution in [0.15, 0.2) is 75.5 Å². The Morgan fingerprint density at radius 3 is 2.05 bits per heavy atom. The average Bonchev–Trinajstić information content (AvgIpc) is 2.81. The normalized spacial score (nSPS) is 20.4.